The number of sulfonamides is 1. The van der Waals surface area contributed by atoms with E-state index in [-0.39, 0.29) is 18.1 Å². The van der Waals surface area contributed by atoms with Gasteiger partial charge in [-0.1, -0.05) is 0 Å². The van der Waals surface area contributed by atoms with Gasteiger partial charge in [-0.2, -0.15) is 0 Å². The molecule has 1 aliphatic rings. The first-order valence-electron chi connectivity index (χ1n) is 4.57. The molecule has 2 N–H and O–H groups in total. The van der Waals surface area contributed by atoms with E-state index in [1.54, 1.807) is 13.8 Å². The van der Waals surface area contributed by atoms with Crippen LogP contribution in [0, 0.1) is 0 Å². The van der Waals surface area contributed by atoms with E-state index < -0.39 is 15.6 Å². The van der Waals surface area contributed by atoms with Gasteiger partial charge in [0.25, 0.3) is 0 Å². The minimum absolute atomic E-state index is 0.0696. The van der Waals surface area contributed by atoms with Gasteiger partial charge in [0.15, 0.2) is 0 Å². The highest BCUT2D eigenvalue weighted by Crippen LogP contribution is 2.28. The van der Waals surface area contributed by atoms with Crippen molar-refractivity contribution in [2.75, 3.05) is 12.3 Å². The molecular weight excluding hydrogens is 204 g/mol. The van der Waals surface area contributed by atoms with Crippen molar-refractivity contribution in [1.29, 1.82) is 0 Å². The minimum Gasteiger partial charge on any atom is -0.330 e. The lowest BCUT2D eigenvalue weighted by Gasteiger charge is -2.33. The average molecular weight is 220 g/mol. The summed E-state index contributed by atoms with van der Waals surface area (Å²) in [5.41, 5.74) is 4.69. The summed E-state index contributed by atoms with van der Waals surface area (Å²) >= 11 is 0. The summed E-state index contributed by atoms with van der Waals surface area (Å²) in [7, 11) is -3.39. The molecule has 0 aromatic carbocycles. The summed E-state index contributed by atoms with van der Waals surface area (Å²) in [6.45, 7) is 3.81. The van der Waals surface area contributed by atoms with Gasteiger partial charge in [-0.25, -0.2) is 12.7 Å². The Balaban J connectivity index is 3.01. The number of hydrogen-bond acceptors (Lipinski definition) is 4. The Morgan fingerprint density at radius 2 is 2.07 bits per heavy atom. The molecule has 6 heteroatoms. The lowest BCUT2D eigenvalue weighted by Crippen LogP contribution is -2.48. The van der Waals surface area contributed by atoms with Crippen LogP contribution in [-0.4, -0.2) is 36.5 Å². The van der Waals surface area contributed by atoms with Crippen LogP contribution in [-0.2, 0) is 14.8 Å². The second-order valence-electron chi connectivity index (χ2n) is 4.08. The van der Waals surface area contributed by atoms with Crippen molar-refractivity contribution in [3.63, 3.8) is 0 Å². The van der Waals surface area contributed by atoms with Gasteiger partial charge in [-0.3, -0.25) is 4.79 Å². The topological polar surface area (TPSA) is 80.5 Å². The van der Waals surface area contributed by atoms with E-state index in [0.29, 0.717) is 13.0 Å². The van der Waals surface area contributed by atoms with Crippen LogP contribution in [0.5, 0.6) is 0 Å². The van der Waals surface area contributed by atoms with Crippen LogP contribution in [0.1, 0.15) is 26.7 Å². The summed E-state index contributed by atoms with van der Waals surface area (Å²) in [6.07, 6.45) is 0.578. The van der Waals surface area contributed by atoms with E-state index in [9.17, 15) is 13.2 Å². The maximum absolute atomic E-state index is 11.6. The molecule has 1 rings (SSSR count). The van der Waals surface area contributed by atoms with Crippen molar-refractivity contribution in [2.45, 2.75) is 32.2 Å². The van der Waals surface area contributed by atoms with Crippen molar-refractivity contribution >= 4 is 15.9 Å². The second kappa shape index (κ2) is 3.51. The molecule has 0 aliphatic carbocycles. The first-order valence-corrected chi connectivity index (χ1v) is 6.18. The molecule has 1 amide bonds. The number of amides is 1. The van der Waals surface area contributed by atoms with Crippen molar-refractivity contribution in [3.05, 3.63) is 0 Å². The van der Waals surface area contributed by atoms with Crippen LogP contribution in [0.25, 0.3) is 0 Å². The normalized spacial score (nSPS) is 21.6. The number of nitrogens with zero attached hydrogens (tertiary/aromatic N) is 1. The second-order valence-corrected chi connectivity index (χ2v) is 6.01. The van der Waals surface area contributed by atoms with Gasteiger partial charge in [-0.05, 0) is 26.8 Å². The van der Waals surface area contributed by atoms with Crippen molar-refractivity contribution in [3.8, 4) is 0 Å². The third kappa shape index (κ3) is 1.90. The highest BCUT2D eigenvalue weighted by molar-refractivity contribution is 7.90. The minimum atomic E-state index is -3.39. The largest absolute Gasteiger partial charge is 0.330 e. The molecule has 0 radical (unpaired) electrons. The Labute approximate surface area is 84.3 Å². The number of carbonyl (C=O) groups excluding carboxylic acids is 1. The molecule has 0 aromatic heterocycles. The van der Waals surface area contributed by atoms with E-state index in [4.69, 9.17) is 5.73 Å². The van der Waals surface area contributed by atoms with E-state index in [0.717, 1.165) is 4.31 Å². The lowest BCUT2D eigenvalue weighted by molar-refractivity contribution is -0.128. The van der Waals surface area contributed by atoms with Crippen molar-refractivity contribution in [2.24, 2.45) is 5.73 Å². The first kappa shape index (κ1) is 11.5. The molecule has 0 atom stereocenters. The Hall–Kier alpha value is -0.620. The molecule has 1 aliphatic heterocycles. The number of carbonyl (C=O) groups is 1. The van der Waals surface area contributed by atoms with Gasteiger partial charge in [0.2, 0.25) is 15.9 Å². The molecule has 5 nitrogen and oxygen atoms in total. The van der Waals surface area contributed by atoms with Crippen molar-refractivity contribution in [1.82, 2.24) is 4.31 Å². The van der Waals surface area contributed by atoms with Gasteiger partial charge in [0.05, 0.1) is 11.3 Å². The summed E-state index contributed by atoms with van der Waals surface area (Å²) in [6, 6.07) is 0. The maximum Gasteiger partial charge on any atom is 0.238 e. The fraction of sp³-hybridized carbons (Fsp3) is 0.875. The molecule has 0 bridgehead atoms. The van der Waals surface area contributed by atoms with Gasteiger partial charge in [-0.15, -0.1) is 0 Å². The summed E-state index contributed by atoms with van der Waals surface area (Å²) in [5.74, 6) is -0.386. The van der Waals surface area contributed by atoms with Crippen LogP contribution in [0.2, 0.25) is 0 Å². The van der Waals surface area contributed by atoms with Crippen LogP contribution in [0.15, 0.2) is 0 Å². The summed E-state index contributed by atoms with van der Waals surface area (Å²) < 4.78 is 24.1. The zero-order chi connectivity index (χ0) is 11.0. The molecule has 0 saturated carbocycles. The highest BCUT2D eigenvalue weighted by Gasteiger charge is 2.43. The molecule has 0 unspecified atom stereocenters. The fourth-order valence-electron chi connectivity index (χ4n) is 1.73. The van der Waals surface area contributed by atoms with Crippen LogP contribution in [0.4, 0.5) is 0 Å². The molecule has 0 aromatic rings. The molecule has 14 heavy (non-hydrogen) atoms. The highest BCUT2D eigenvalue weighted by atomic mass is 32.2. The number of rotatable bonds is 3. The molecular formula is C8H16N2O3S. The smallest absolute Gasteiger partial charge is 0.238 e. The number of nitrogens with two attached hydrogens (primary N) is 1. The molecule has 82 valence electrons. The SMILES string of the molecule is CC(C)(CCN)N1C(=O)CCS1(=O)=O. The zero-order valence-corrected chi connectivity index (χ0v) is 9.30. The third-order valence-electron chi connectivity index (χ3n) is 2.38. The molecule has 0 spiro atoms. The third-order valence-corrected chi connectivity index (χ3v) is 4.36. The van der Waals surface area contributed by atoms with Crippen LogP contribution in [0.3, 0.4) is 0 Å². The molecule has 1 heterocycles. The molecule has 1 saturated heterocycles. The Kier molecular flexibility index (Phi) is 2.87. The Bertz CT molecular complexity index is 334. The van der Waals surface area contributed by atoms with E-state index in [1.165, 1.54) is 0 Å². The summed E-state index contributed by atoms with van der Waals surface area (Å²) in [5, 5.41) is 0. The predicted molar refractivity (Wildman–Crippen MR) is 53.0 cm³/mol. The average Bonchev–Trinajstić information content (AvgIpc) is 2.25. The van der Waals surface area contributed by atoms with Crippen LogP contribution < -0.4 is 5.73 Å². The van der Waals surface area contributed by atoms with Gasteiger partial charge < -0.3 is 5.73 Å². The maximum atomic E-state index is 11.6. The predicted octanol–water partition coefficient (Wildman–Crippen LogP) is -0.324. The quantitative estimate of drug-likeness (QED) is 0.706. The van der Waals surface area contributed by atoms with Gasteiger partial charge in [0, 0.05) is 6.42 Å². The van der Waals surface area contributed by atoms with Crippen molar-refractivity contribution < 1.29 is 13.2 Å². The Morgan fingerprint density at radius 1 is 1.50 bits per heavy atom. The van der Waals surface area contributed by atoms with E-state index in [2.05, 4.69) is 0 Å². The van der Waals surface area contributed by atoms with Gasteiger partial charge >= 0.3 is 0 Å². The first-order chi connectivity index (χ1) is 6.31. The Morgan fingerprint density at radius 3 is 2.43 bits per heavy atom. The monoisotopic (exact) mass is 220 g/mol. The molecule has 1 fully saturated rings. The lowest BCUT2D eigenvalue weighted by atomic mass is 10.0. The van der Waals surface area contributed by atoms with Gasteiger partial charge in [0.1, 0.15) is 0 Å². The van der Waals surface area contributed by atoms with Crippen LogP contribution >= 0.6 is 0 Å². The zero-order valence-electron chi connectivity index (χ0n) is 8.49. The standard InChI is InChI=1S/C8H16N2O3S/c1-8(2,4-5-9)10-7(11)3-6-14(10,12)13/h3-6,9H2,1-2H3. The summed E-state index contributed by atoms with van der Waals surface area (Å²) in [4.78, 5) is 11.4. The van der Waals surface area contributed by atoms with E-state index >= 15 is 0 Å². The van der Waals surface area contributed by atoms with E-state index in [1.807, 2.05) is 0 Å². The fourth-order valence-corrected chi connectivity index (χ4v) is 3.59. The number of hydrogen-bond donors (Lipinski definition) is 1.